The number of nitrogens with one attached hydrogen (secondary N) is 1. The van der Waals surface area contributed by atoms with Gasteiger partial charge in [0.2, 0.25) is 0 Å². The number of hydrogen-bond donors (Lipinski definition) is 1. The van der Waals surface area contributed by atoms with Crippen molar-refractivity contribution in [2.45, 2.75) is 44.6 Å². The number of pyridine rings is 1. The number of alkyl halides is 9. The Hall–Kier alpha value is -4.62. The van der Waals surface area contributed by atoms with Gasteiger partial charge in [0.25, 0.3) is 11.8 Å². The molecule has 4 amide bonds. The van der Waals surface area contributed by atoms with E-state index >= 15 is 0 Å². The first kappa shape index (κ1) is 33.9. The number of rotatable bonds is 8. The van der Waals surface area contributed by atoms with Crippen LogP contribution in [-0.4, -0.2) is 71.0 Å². The first-order valence-electron chi connectivity index (χ1n) is 12.0. The Morgan fingerprint density at radius 2 is 1.59 bits per heavy atom. The van der Waals surface area contributed by atoms with Gasteiger partial charge in [-0.2, -0.15) is 26.3 Å². The Labute approximate surface area is 241 Å². The lowest BCUT2D eigenvalue weighted by molar-refractivity contribution is -0.274. The van der Waals surface area contributed by atoms with Crippen LogP contribution in [0, 0.1) is 0 Å². The summed E-state index contributed by atoms with van der Waals surface area (Å²) in [6.45, 7) is -0.951. The standard InChI is InChI=1S/C24H20F9N5O6/c1-21(2)18(40)37(20(42)36(21)11-13-5-7-34-8-6-13)15-9-14(3-4-16(15)43-24(31,32)33)38(44-19(41)23(28,29)30)17(39)10-35-12-22(25,26)27/h3-9,35H,10-12H2,1-2H3. The zero-order chi connectivity index (χ0) is 33.3. The van der Waals surface area contributed by atoms with Gasteiger partial charge in [0.1, 0.15) is 5.54 Å². The van der Waals surface area contributed by atoms with E-state index in [2.05, 4.69) is 14.6 Å². The number of carbonyl (C=O) groups excluding carboxylic acids is 4. The van der Waals surface area contributed by atoms with E-state index in [-0.39, 0.29) is 11.4 Å². The van der Waals surface area contributed by atoms with Gasteiger partial charge in [-0.3, -0.25) is 14.6 Å². The zero-order valence-corrected chi connectivity index (χ0v) is 22.3. The number of carbonyl (C=O) groups is 4. The predicted octanol–water partition coefficient (Wildman–Crippen LogP) is 4.23. The fourth-order valence-electron chi connectivity index (χ4n) is 3.77. The molecular formula is C24H20F9N5O6. The number of ether oxygens (including phenoxy) is 1. The first-order chi connectivity index (χ1) is 20.1. The van der Waals surface area contributed by atoms with Crippen molar-refractivity contribution in [2.75, 3.05) is 23.1 Å². The van der Waals surface area contributed by atoms with Crippen LogP contribution >= 0.6 is 0 Å². The zero-order valence-electron chi connectivity index (χ0n) is 22.3. The summed E-state index contributed by atoms with van der Waals surface area (Å²) in [4.78, 5) is 60.0. The number of urea groups is 1. The van der Waals surface area contributed by atoms with E-state index in [1.807, 2.05) is 0 Å². The number of hydrogen-bond acceptors (Lipinski definition) is 8. The Kier molecular flexibility index (Phi) is 9.37. The van der Waals surface area contributed by atoms with Crippen LogP contribution in [0.3, 0.4) is 0 Å². The van der Waals surface area contributed by atoms with Crippen LogP contribution in [0.2, 0.25) is 0 Å². The Bertz CT molecular complexity index is 1410. The maximum atomic E-state index is 13.5. The molecule has 0 spiro atoms. The Balaban J connectivity index is 2.11. The van der Waals surface area contributed by atoms with Gasteiger partial charge in [-0.25, -0.2) is 14.5 Å². The van der Waals surface area contributed by atoms with Crippen LogP contribution in [0.4, 0.5) is 55.7 Å². The van der Waals surface area contributed by atoms with Crippen LogP contribution in [-0.2, 0) is 25.8 Å². The molecule has 11 nitrogen and oxygen atoms in total. The highest BCUT2D eigenvalue weighted by Crippen LogP contribution is 2.42. The molecule has 0 saturated carbocycles. The van der Waals surface area contributed by atoms with E-state index in [1.165, 1.54) is 38.4 Å². The molecule has 44 heavy (non-hydrogen) atoms. The van der Waals surface area contributed by atoms with Crippen molar-refractivity contribution in [1.29, 1.82) is 0 Å². The quantitative estimate of drug-likeness (QED) is 0.257. The second-order valence-electron chi connectivity index (χ2n) is 9.41. The summed E-state index contributed by atoms with van der Waals surface area (Å²) < 4.78 is 120. The third-order valence-electron chi connectivity index (χ3n) is 5.79. The molecule has 1 saturated heterocycles. The Morgan fingerprint density at radius 1 is 0.977 bits per heavy atom. The molecule has 2 heterocycles. The summed E-state index contributed by atoms with van der Waals surface area (Å²) in [6.07, 6.45) is -13.3. The highest BCUT2D eigenvalue weighted by atomic mass is 19.4. The molecule has 0 radical (unpaired) electrons. The molecule has 1 aromatic carbocycles. The number of aromatic nitrogens is 1. The minimum atomic E-state index is -5.74. The highest BCUT2D eigenvalue weighted by molar-refractivity contribution is 6.23. The molecule has 1 aromatic heterocycles. The molecule has 0 unspecified atom stereocenters. The second kappa shape index (κ2) is 12.2. The molecule has 1 aliphatic rings. The number of hydroxylamine groups is 1. The first-order valence-corrected chi connectivity index (χ1v) is 12.0. The van der Waals surface area contributed by atoms with E-state index in [4.69, 9.17) is 0 Å². The van der Waals surface area contributed by atoms with Crippen molar-refractivity contribution in [3.8, 4) is 5.75 Å². The van der Waals surface area contributed by atoms with Gasteiger partial charge in [-0.1, -0.05) is 0 Å². The molecule has 0 atom stereocenters. The SMILES string of the molecule is CC1(C)C(=O)N(c2cc(N(OC(=O)C(F)(F)F)C(=O)CNCC(F)(F)F)ccc2OC(F)(F)F)C(=O)N1Cc1ccncc1. The molecule has 1 aliphatic heterocycles. The summed E-state index contributed by atoms with van der Waals surface area (Å²) >= 11 is 0. The lowest BCUT2D eigenvalue weighted by atomic mass is 10.0. The second-order valence-corrected chi connectivity index (χ2v) is 9.41. The van der Waals surface area contributed by atoms with Crippen molar-refractivity contribution in [3.63, 3.8) is 0 Å². The van der Waals surface area contributed by atoms with Gasteiger partial charge >= 0.3 is 30.7 Å². The van der Waals surface area contributed by atoms with Crippen molar-refractivity contribution < 1.29 is 68.3 Å². The molecule has 1 fully saturated rings. The molecule has 0 bridgehead atoms. The van der Waals surface area contributed by atoms with Crippen LogP contribution in [0.15, 0.2) is 42.7 Å². The fraction of sp³-hybridized carbons (Fsp3) is 0.375. The van der Waals surface area contributed by atoms with Crippen molar-refractivity contribution in [1.82, 2.24) is 15.2 Å². The number of nitrogens with zero attached hydrogens (tertiary/aromatic N) is 4. The van der Waals surface area contributed by atoms with E-state index in [0.29, 0.717) is 23.8 Å². The summed E-state index contributed by atoms with van der Waals surface area (Å²) in [5.41, 5.74) is -3.33. The van der Waals surface area contributed by atoms with Crippen LogP contribution in [0.25, 0.3) is 0 Å². The fourth-order valence-corrected chi connectivity index (χ4v) is 3.77. The predicted molar refractivity (Wildman–Crippen MR) is 128 cm³/mol. The molecular weight excluding hydrogens is 625 g/mol. The maximum absolute atomic E-state index is 13.5. The average Bonchev–Trinajstić information content (AvgIpc) is 3.05. The van der Waals surface area contributed by atoms with Crippen LogP contribution < -0.4 is 20.0 Å². The monoisotopic (exact) mass is 645 g/mol. The average molecular weight is 645 g/mol. The minimum absolute atomic E-state index is 0.196. The van der Waals surface area contributed by atoms with E-state index < -0.39 is 83.3 Å². The summed E-state index contributed by atoms with van der Waals surface area (Å²) in [6, 6.07) is 2.97. The normalized spacial score (nSPS) is 15.4. The third kappa shape index (κ3) is 8.05. The van der Waals surface area contributed by atoms with Crippen molar-refractivity contribution >= 4 is 35.2 Å². The molecule has 3 rings (SSSR count). The van der Waals surface area contributed by atoms with E-state index in [1.54, 1.807) is 5.32 Å². The molecule has 1 N–H and O–H groups in total. The van der Waals surface area contributed by atoms with Gasteiger partial charge in [-0.05, 0) is 49.7 Å². The molecule has 20 heteroatoms. The molecule has 2 aromatic rings. The lowest BCUT2D eigenvalue weighted by Crippen LogP contribution is -2.44. The summed E-state index contributed by atoms with van der Waals surface area (Å²) in [7, 11) is 0. The lowest BCUT2D eigenvalue weighted by Gasteiger charge is -2.27. The summed E-state index contributed by atoms with van der Waals surface area (Å²) in [5, 5.41) is 1.11. The van der Waals surface area contributed by atoms with Crippen LogP contribution in [0.5, 0.6) is 5.75 Å². The topological polar surface area (TPSA) is 121 Å². The largest absolute Gasteiger partial charge is 0.573 e. The smallest absolute Gasteiger partial charge is 0.404 e. The van der Waals surface area contributed by atoms with Gasteiger partial charge in [0.15, 0.2) is 5.75 Å². The summed E-state index contributed by atoms with van der Waals surface area (Å²) in [5.74, 6) is -7.16. The number of benzene rings is 1. The molecule has 240 valence electrons. The number of amides is 4. The van der Waals surface area contributed by atoms with Gasteiger partial charge in [0, 0.05) is 18.9 Å². The van der Waals surface area contributed by atoms with E-state index in [0.717, 1.165) is 4.90 Å². The number of halogens is 9. The Morgan fingerprint density at radius 3 is 2.14 bits per heavy atom. The molecule has 0 aliphatic carbocycles. The maximum Gasteiger partial charge on any atom is 0.573 e. The van der Waals surface area contributed by atoms with Gasteiger partial charge in [0.05, 0.1) is 24.5 Å². The third-order valence-corrected chi connectivity index (χ3v) is 5.79. The van der Waals surface area contributed by atoms with Crippen molar-refractivity contribution in [2.24, 2.45) is 0 Å². The number of imide groups is 1. The van der Waals surface area contributed by atoms with Crippen molar-refractivity contribution in [3.05, 3.63) is 48.3 Å². The van der Waals surface area contributed by atoms with E-state index in [9.17, 15) is 58.7 Å². The number of anilines is 2. The highest BCUT2D eigenvalue weighted by Gasteiger charge is 2.53. The van der Waals surface area contributed by atoms with Gasteiger partial charge < -0.3 is 19.8 Å². The van der Waals surface area contributed by atoms with Gasteiger partial charge in [-0.15, -0.1) is 18.2 Å². The van der Waals surface area contributed by atoms with Crippen LogP contribution in [0.1, 0.15) is 19.4 Å². The minimum Gasteiger partial charge on any atom is -0.404 e.